The van der Waals surface area contributed by atoms with E-state index in [-0.39, 0.29) is 12.0 Å². The molecule has 0 atom stereocenters. The summed E-state index contributed by atoms with van der Waals surface area (Å²) in [6.07, 6.45) is 1.84. The molecule has 1 saturated heterocycles. The summed E-state index contributed by atoms with van der Waals surface area (Å²) >= 11 is 0. The third-order valence-corrected chi connectivity index (χ3v) is 2.89. The highest BCUT2D eigenvalue weighted by Crippen LogP contribution is 2.16. The third-order valence-electron chi connectivity index (χ3n) is 2.89. The Labute approximate surface area is 99.5 Å². The Morgan fingerprint density at radius 2 is 2.41 bits per heavy atom. The molecular weight excluding hydrogens is 220 g/mol. The van der Waals surface area contributed by atoms with Crippen molar-refractivity contribution in [2.75, 3.05) is 13.1 Å². The summed E-state index contributed by atoms with van der Waals surface area (Å²) < 4.78 is 0. The summed E-state index contributed by atoms with van der Waals surface area (Å²) in [5.74, 6) is -0.0545. The Morgan fingerprint density at radius 3 is 2.94 bits per heavy atom. The molecule has 1 fully saturated rings. The lowest BCUT2D eigenvalue weighted by molar-refractivity contribution is -0.139. The quantitative estimate of drug-likeness (QED) is 0.650. The molecule has 92 valence electrons. The van der Waals surface area contributed by atoms with Crippen LogP contribution >= 0.6 is 0 Å². The minimum atomic E-state index is -0.780. The third kappa shape index (κ3) is 2.98. The van der Waals surface area contributed by atoms with Crippen molar-refractivity contribution in [2.24, 2.45) is 0 Å². The zero-order valence-electron chi connectivity index (χ0n) is 9.73. The van der Waals surface area contributed by atoms with E-state index in [1.54, 1.807) is 6.20 Å². The number of aromatic nitrogens is 2. The van der Waals surface area contributed by atoms with Gasteiger partial charge in [-0.15, -0.1) is 0 Å². The number of aryl methyl sites for hydroxylation is 1. The van der Waals surface area contributed by atoms with E-state index in [0.717, 1.165) is 11.5 Å². The lowest BCUT2D eigenvalue weighted by Crippen LogP contribution is -2.68. The van der Waals surface area contributed by atoms with Crippen molar-refractivity contribution >= 4 is 5.97 Å². The van der Waals surface area contributed by atoms with Crippen LogP contribution in [0, 0.1) is 6.92 Å². The van der Waals surface area contributed by atoms with E-state index >= 15 is 0 Å². The normalized spacial score (nSPS) is 17.5. The largest absolute Gasteiger partial charge is 0.481 e. The van der Waals surface area contributed by atoms with Crippen LogP contribution in [0.3, 0.4) is 0 Å². The number of rotatable bonds is 5. The maximum Gasteiger partial charge on any atom is 0.305 e. The van der Waals surface area contributed by atoms with Crippen LogP contribution in [0.1, 0.15) is 17.9 Å². The van der Waals surface area contributed by atoms with Gasteiger partial charge < -0.3 is 15.7 Å². The topological polar surface area (TPSA) is 87.1 Å². The fourth-order valence-electron chi connectivity index (χ4n) is 1.91. The first-order valence-electron chi connectivity index (χ1n) is 5.56. The lowest BCUT2D eigenvalue weighted by atomic mass is 9.88. The number of carbonyl (C=O) groups is 1. The van der Waals surface area contributed by atoms with Gasteiger partial charge in [-0.2, -0.15) is 0 Å². The molecule has 0 saturated carbocycles. The Hall–Kier alpha value is -1.53. The molecule has 3 N–H and O–H groups in total. The van der Waals surface area contributed by atoms with Gasteiger partial charge in [0.15, 0.2) is 0 Å². The molecule has 0 aromatic carbocycles. The van der Waals surface area contributed by atoms with E-state index in [1.807, 2.05) is 13.0 Å². The molecule has 17 heavy (non-hydrogen) atoms. The van der Waals surface area contributed by atoms with E-state index < -0.39 is 5.97 Å². The molecule has 1 aliphatic heterocycles. The van der Waals surface area contributed by atoms with Crippen LogP contribution in [0.2, 0.25) is 0 Å². The van der Waals surface area contributed by atoms with Gasteiger partial charge in [0.05, 0.1) is 17.7 Å². The number of carboxylic acids is 1. The predicted octanol–water partition coefficient (Wildman–Crippen LogP) is -0.309. The van der Waals surface area contributed by atoms with Crippen LogP contribution in [0.25, 0.3) is 0 Å². The molecule has 6 heteroatoms. The summed E-state index contributed by atoms with van der Waals surface area (Å²) in [6.45, 7) is 3.77. The van der Waals surface area contributed by atoms with Crippen molar-refractivity contribution in [1.29, 1.82) is 0 Å². The zero-order valence-corrected chi connectivity index (χ0v) is 9.73. The molecule has 0 aliphatic carbocycles. The molecular formula is C11H16N4O2. The molecule has 0 unspecified atom stereocenters. The Balaban J connectivity index is 1.94. The van der Waals surface area contributed by atoms with Gasteiger partial charge in [0, 0.05) is 25.8 Å². The summed E-state index contributed by atoms with van der Waals surface area (Å²) in [5, 5.41) is 15.2. The van der Waals surface area contributed by atoms with Gasteiger partial charge in [0.2, 0.25) is 0 Å². The van der Waals surface area contributed by atoms with Crippen molar-refractivity contribution in [3.05, 3.63) is 23.8 Å². The SMILES string of the molecule is Cc1nccc(CNC2(CC(=O)O)CNC2)n1. The van der Waals surface area contributed by atoms with Crippen molar-refractivity contribution in [2.45, 2.75) is 25.4 Å². The van der Waals surface area contributed by atoms with Gasteiger partial charge in [-0.25, -0.2) is 9.97 Å². The van der Waals surface area contributed by atoms with Gasteiger partial charge in [0.25, 0.3) is 0 Å². The van der Waals surface area contributed by atoms with E-state index in [0.29, 0.717) is 19.6 Å². The highest BCUT2D eigenvalue weighted by atomic mass is 16.4. The molecule has 1 aromatic heterocycles. The molecule has 0 spiro atoms. The summed E-state index contributed by atoms with van der Waals surface area (Å²) in [6, 6.07) is 1.83. The monoisotopic (exact) mass is 236 g/mol. The van der Waals surface area contributed by atoms with Crippen molar-refractivity contribution in [3.63, 3.8) is 0 Å². The summed E-state index contributed by atoms with van der Waals surface area (Å²) in [7, 11) is 0. The van der Waals surface area contributed by atoms with Gasteiger partial charge in [-0.1, -0.05) is 0 Å². The number of aliphatic carboxylic acids is 1. The maximum atomic E-state index is 10.8. The van der Waals surface area contributed by atoms with Crippen LogP contribution in [0.4, 0.5) is 0 Å². The predicted molar refractivity (Wildman–Crippen MR) is 61.5 cm³/mol. The lowest BCUT2D eigenvalue weighted by Gasteiger charge is -2.42. The van der Waals surface area contributed by atoms with Crippen LogP contribution < -0.4 is 10.6 Å². The Bertz CT molecular complexity index is 418. The second-order valence-electron chi connectivity index (χ2n) is 4.40. The van der Waals surface area contributed by atoms with Gasteiger partial charge >= 0.3 is 5.97 Å². The molecule has 1 aromatic rings. The van der Waals surface area contributed by atoms with Gasteiger partial charge in [0.1, 0.15) is 5.82 Å². The number of nitrogens with zero attached hydrogens (tertiary/aromatic N) is 2. The number of hydrogen-bond donors (Lipinski definition) is 3. The van der Waals surface area contributed by atoms with E-state index in [1.165, 1.54) is 0 Å². The number of carboxylic acid groups (broad SMARTS) is 1. The summed E-state index contributed by atoms with van der Waals surface area (Å²) in [5.41, 5.74) is 0.555. The van der Waals surface area contributed by atoms with E-state index in [2.05, 4.69) is 20.6 Å². The molecule has 2 rings (SSSR count). The standard InChI is InChI=1S/C11H16N4O2/c1-8-13-3-2-9(15-8)5-14-11(4-10(16)17)6-12-7-11/h2-3,12,14H,4-7H2,1H3,(H,16,17). The number of hydrogen-bond acceptors (Lipinski definition) is 5. The molecule has 1 aliphatic rings. The summed E-state index contributed by atoms with van der Waals surface area (Å²) in [4.78, 5) is 19.1. The first-order chi connectivity index (χ1) is 8.10. The van der Waals surface area contributed by atoms with E-state index in [9.17, 15) is 4.79 Å². The average Bonchev–Trinajstić information content (AvgIpc) is 2.21. The van der Waals surface area contributed by atoms with Gasteiger partial charge in [-0.3, -0.25) is 4.79 Å². The second-order valence-corrected chi connectivity index (χ2v) is 4.40. The van der Waals surface area contributed by atoms with Crippen LogP contribution in [0.15, 0.2) is 12.3 Å². The number of nitrogens with one attached hydrogen (secondary N) is 2. The zero-order chi connectivity index (χ0) is 12.3. The Morgan fingerprint density at radius 1 is 1.65 bits per heavy atom. The Kier molecular flexibility index (Phi) is 3.35. The highest BCUT2D eigenvalue weighted by molar-refractivity contribution is 5.68. The van der Waals surface area contributed by atoms with Crippen LogP contribution in [0.5, 0.6) is 0 Å². The van der Waals surface area contributed by atoms with Gasteiger partial charge in [-0.05, 0) is 13.0 Å². The molecule has 0 radical (unpaired) electrons. The van der Waals surface area contributed by atoms with Crippen molar-refractivity contribution in [1.82, 2.24) is 20.6 Å². The highest BCUT2D eigenvalue weighted by Gasteiger charge is 2.38. The fraction of sp³-hybridized carbons (Fsp3) is 0.545. The average molecular weight is 236 g/mol. The fourth-order valence-corrected chi connectivity index (χ4v) is 1.91. The molecule has 2 heterocycles. The molecule has 0 amide bonds. The van der Waals surface area contributed by atoms with Crippen molar-refractivity contribution in [3.8, 4) is 0 Å². The smallest absolute Gasteiger partial charge is 0.305 e. The second kappa shape index (κ2) is 4.77. The maximum absolute atomic E-state index is 10.8. The van der Waals surface area contributed by atoms with E-state index in [4.69, 9.17) is 5.11 Å². The first kappa shape index (κ1) is 11.9. The first-order valence-corrected chi connectivity index (χ1v) is 5.56. The van der Waals surface area contributed by atoms with Crippen LogP contribution in [-0.4, -0.2) is 39.7 Å². The molecule has 6 nitrogen and oxygen atoms in total. The van der Waals surface area contributed by atoms with Crippen LogP contribution in [-0.2, 0) is 11.3 Å². The van der Waals surface area contributed by atoms with Crippen molar-refractivity contribution < 1.29 is 9.90 Å². The molecule has 0 bridgehead atoms. The minimum absolute atomic E-state index is 0.129. The minimum Gasteiger partial charge on any atom is -0.481 e.